The molecule has 1 heterocycles. The molecule has 2 aliphatic rings. The summed E-state index contributed by atoms with van der Waals surface area (Å²) in [5.41, 5.74) is 0.732. The standard InChI is InChI=1S/C13H23NO2/c1-12(2,3)6-10(11(15)16)7-14-8-13(9-14)4-5-13/h10H,4-9H2,1-3H3,(H,15,16). The first kappa shape index (κ1) is 11.9. The van der Waals surface area contributed by atoms with Gasteiger partial charge in [0.2, 0.25) is 0 Å². The Balaban J connectivity index is 1.81. The van der Waals surface area contributed by atoms with Gasteiger partial charge in [0.15, 0.2) is 0 Å². The molecule has 0 aromatic rings. The molecular formula is C13H23NO2. The van der Waals surface area contributed by atoms with Gasteiger partial charge in [-0.1, -0.05) is 20.8 Å². The Morgan fingerprint density at radius 2 is 1.94 bits per heavy atom. The summed E-state index contributed by atoms with van der Waals surface area (Å²) in [6.45, 7) is 9.36. The van der Waals surface area contributed by atoms with Crippen molar-refractivity contribution >= 4 is 5.97 Å². The number of carboxylic acid groups (broad SMARTS) is 1. The van der Waals surface area contributed by atoms with E-state index in [9.17, 15) is 9.90 Å². The van der Waals surface area contributed by atoms with Crippen molar-refractivity contribution in [2.24, 2.45) is 16.7 Å². The molecule has 1 unspecified atom stereocenters. The maximum atomic E-state index is 11.2. The van der Waals surface area contributed by atoms with Gasteiger partial charge in [0.05, 0.1) is 5.92 Å². The highest BCUT2D eigenvalue weighted by atomic mass is 16.4. The molecule has 1 aliphatic heterocycles. The number of nitrogens with zero attached hydrogens (tertiary/aromatic N) is 1. The molecule has 3 heteroatoms. The predicted octanol–water partition coefficient (Wildman–Crippen LogP) is 2.22. The molecule has 2 fully saturated rings. The Morgan fingerprint density at radius 1 is 1.38 bits per heavy atom. The number of aliphatic carboxylic acids is 1. The van der Waals surface area contributed by atoms with E-state index in [1.807, 2.05) is 0 Å². The maximum absolute atomic E-state index is 11.2. The molecular weight excluding hydrogens is 202 g/mol. The lowest BCUT2D eigenvalue weighted by Gasteiger charge is -2.41. The van der Waals surface area contributed by atoms with Crippen LogP contribution in [0.25, 0.3) is 0 Å². The second-order valence-electron chi connectivity index (χ2n) is 6.97. The van der Waals surface area contributed by atoms with Gasteiger partial charge in [-0.3, -0.25) is 4.79 Å². The van der Waals surface area contributed by atoms with Crippen LogP contribution < -0.4 is 0 Å². The van der Waals surface area contributed by atoms with Crippen LogP contribution in [0, 0.1) is 16.7 Å². The van der Waals surface area contributed by atoms with Crippen LogP contribution in [0.2, 0.25) is 0 Å². The van der Waals surface area contributed by atoms with Gasteiger partial charge in [0.1, 0.15) is 0 Å². The lowest BCUT2D eigenvalue weighted by atomic mass is 9.83. The van der Waals surface area contributed by atoms with Gasteiger partial charge in [-0.2, -0.15) is 0 Å². The Morgan fingerprint density at radius 3 is 2.31 bits per heavy atom. The smallest absolute Gasteiger partial charge is 0.307 e. The highest BCUT2D eigenvalue weighted by Gasteiger charge is 2.52. The fourth-order valence-electron chi connectivity index (χ4n) is 2.81. The minimum atomic E-state index is -0.633. The van der Waals surface area contributed by atoms with E-state index in [2.05, 4.69) is 25.7 Å². The van der Waals surface area contributed by atoms with E-state index in [4.69, 9.17) is 0 Å². The third kappa shape index (κ3) is 2.76. The van der Waals surface area contributed by atoms with Crippen molar-refractivity contribution in [3.05, 3.63) is 0 Å². The topological polar surface area (TPSA) is 40.5 Å². The fraction of sp³-hybridized carbons (Fsp3) is 0.923. The Labute approximate surface area is 97.8 Å². The maximum Gasteiger partial charge on any atom is 0.307 e. The molecule has 1 aliphatic carbocycles. The summed E-state index contributed by atoms with van der Waals surface area (Å²) in [5.74, 6) is -0.831. The average Bonchev–Trinajstić information content (AvgIpc) is 2.79. The van der Waals surface area contributed by atoms with Crippen LogP contribution in [0.3, 0.4) is 0 Å². The number of carbonyl (C=O) groups is 1. The van der Waals surface area contributed by atoms with E-state index in [0.29, 0.717) is 5.41 Å². The van der Waals surface area contributed by atoms with Crippen LogP contribution in [0.15, 0.2) is 0 Å². The van der Waals surface area contributed by atoms with Crippen LogP contribution in [0.5, 0.6) is 0 Å². The largest absolute Gasteiger partial charge is 0.481 e. The normalized spacial score (nSPS) is 25.2. The van der Waals surface area contributed by atoms with Crippen LogP contribution >= 0.6 is 0 Å². The lowest BCUT2D eigenvalue weighted by Crippen LogP contribution is -2.51. The van der Waals surface area contributed by atoms with E-state index < -0.39 is 5.97 Å². The molecule has 0 bridgehead atoms. The number of hydrogen-bond acceptors (Lipinski definition) is 2. The van der Waals surface area contributed by atoms with E-state index >= 15 is 0 Å². The minimum Gasteiger partial charge on any atom is -0.481 e. The van der Waals surface area contributed by atoms with Crippen LogP contribution in [-0.2, 0) is 4.79 Å². The first-order valence-electron chi connectivity index (χ1n) is 6.25. The van der Waals surface area contributed by atoms with E-state index in [0.717, 1.165) is 26.1 Å². The Bertz CT molecular complexity index is 281. The summed E-state index contributed by atoms with van der Waals surface area (Å²) in [6.07, 6.45) is 3.49. The first-order chi connectivity index (χ1) is 7.30. The minimum absolute atomic E-state index is 0.102. The SMILES string of the molecule is CC(C)(C)CC(CN1CC2(CC2)C1)C(=O)O. The van der Waals surface area contributed by atoms with E-state index in [-0.39, 0.29) is 11.3 Å². The monoisotopic (exact) mass is 225 g/mol. The summed E-state index contributed by atoms with van der Waals surface area (Å²) in [7, 11) is 0. The molecule has 0 aromatic heterocycles. The van der Waals surface area contributed by atoms with Crippen molar-refractivity contribution in [1.82, 2.24) is 4.90 Å². The molecule has 3 nitrogen and oxygen atoms in total. The van der Waals surface area contributed by atoms with Gasteiger partial charge in [0.25, 0.3) is 0 Å². The van der Waals surface area contributed by atoms with Gasteiger partial charge in [-0.05, 0) is 30.1 Å². The zero-order chi connectivity index (χ0) is 12.0. The summed E-state index contributed by atoms with van der Waals surface area (Å²) < 4.78 is 0. The van der Waals surface area contributed by atoms with Gasteiger partial charge >= 0.3 is 5.97 Å². The molecule has 1 saturated carbocycles. The second-order valence-corrected chi connectivity index (χ2v) is 6.97. The summed E-state index contributed by atoms with van der Waals surface area (Å²) >= 11 is 0. The molecule has 0 aromatic carbocycles. The van der Waals surface area contributed by atoms with Crippen molar-refractivity contribution in [2.75, 3.05) is 19.6 Å². The summed E-state index contributed by atoms with van der Waals surface area (Å²) in [5, 5.41) is 9.22. The summed E-state index contributed by atoms with van der Waals surface area (Å²) in [4.78, 5) is 13.5. The molecule has 1 spiro atoms. The Kier molecular flexibility index (Phi) is 2.77. The van der Waals surface area contributed by atoms with Gasteiger partial charge in [0, 0.05) is 19.6 Å². The molecule has 16 heavy (non-hydrogen) atoms. The van der Waals surface area contributed by atoms with E-state index in [1.54, 1.807) is 0 Å². The molecule has 92 valence electrons. The summed E-state index contributed by atoms with van der Waals surface area (Å²) in [6, 6.07) is 0. The molecule has 0 amide bonds. The van der Waals surface area contributed by atoms with Crippen molar-refractivity contribution in [2.45, 2.75) is 40.0 Å². The zero-order valence-corrected chi connectivity index (χ0v) is 10.6. The Hall–Kier alpha value is -0.570. The number of hydrogen-bond donors (Lipinski definition) is 1. The number of rotatable bonds is 4. The predicted molar refractivity (Wildman–Crippen MR) is 63.3 cm³/mol. The molecule has 0 radical (unpaired) electrons. The fourth-order valence-corrected chi connectivity index (χ4v) is 2.81. The molecule has 1 atom stereocenters. The van der Waals surface area contributed by atoms with Crippen LogP contribution in [0.4, 0.5) is 0 Å². The second kappa shape index (κ2) is 3.73. The van der Waals surface area contributed by atoms with Gasteiger partial charge in [-0.25, -0.2) is 0 Å². The zero-order valence-electron chi connectivity index (χ0n) is 10.6. The van der Waals surface area contributed by atoms with Crippen LogP contribution in [-0.4, -0.2) is 35.6 Å². The molecule has 1 N–H and O–H groups in total. The number of carboxylic acids is 1. The van der Waals surface area contributed by atoms with Crippen molar-refractivity contribution in [3.8, 4) is 0 Å². The number of likely N-dealkylation sites (tertiary alicyclic amines) is 1. The average molecular weight is 225 g/mol. The van der Waals surface area contributed by atoms with Crippen molar-refractivity contribution in [1.29, 1.82) is 0 Å². The highest BCUT2D eigenvalue weighted by molar-refractivity contribution is 5.70. The molecule has 2 rings (SSSR count). The highest BCUT2D eigenvalue weighted by Crippen LogP contribution is 2.53. The van der Waals surface area contributed by atoms with Gasteiger partial charge in [-0.15, -0.1) is 0 Å². The quantitative estimate of drug-likeness (QED) is 0.797. The third-order valence-corrected chi connectivity index (χ3v) is 3.76. The van der Waals surface area contributed by atoms with Crippen LogP contribution in [0.1, 0.15) is 40.0 Å². The lowest BCUT2D eigenvalue weighted by molar-refractivity contribution is -0.144. The first-order valence-corrected chi connectivity index (χ1v) is 6.25. The third-order valence-electron chi connectivity index (χ3n) is 3.76. The van der Waals surface area contributed by atoms with Crippen molar-refractivity contribution < 1.29 is 9.90 Å². The van der Waals surface area contributed by atoms with E-state index in [1.165, 1.54) is 12.8 Å². The van der Waals surface area contributed by atoms with Gasteiger partial charge < -0.3 is 10.0 Å². The molecule has 1 saturated heterocycles. The van der Waals surface area contributed by atoms with Crippen molar-refractivity contribution in [3.63, 3.8) is 0 Å².